The van der Waals surface area contributed by atoms with Crippen LogP contribution in [0.15, 0.2) is 48.7 Å². The lowest BCUT2D eigenvalue weighted by Crippen LogP contribution is -2.48. The van der Waals surface area contributed by atoms with Crippen molar-refractivity contribution in [2.24, 2.45) is 7.05 Å². The predicted octanol–water partition coefficient (Wildman–Crippen LogP) is 3.65. The molecular weight excluding hydrogens is 433 g/mol. The average Bonchev–Trinajstić information content (AvgIpc) is 3.12. The van der Waals surface area contributed by atoms with Crippen LogP contribution in [0.2, 0.25) is 5.02 Å². The number of nitrogens with one attached hydrogen (secondary N) is 1. The molecule has 32 heavy (non-hydrogen) atoms. The maximum absolute atomic E-state index is 13.1. The molecule has 0 bridgehead atoms. The highest BCUT2D eigenvalue weighted by Gasteiger charge is 2.20. The van der Waals surface area contributed by atoms with E-state index in [4.69, 9.17) is 16.3 Å². The Morgan fingerprint density at radius 2 is 1.88 bits per heavy atom. The van der Waals surface area contributed by atoms with Crippen molar-refractivity contribution in [3.05, 3.63) is 59.5 Å². The van der Waals surface area contributed by atoms with Crippen molar-refractivity contribution in [1.82, 2.24) is 14.7 Å². The van der Waals surface area contributed by atoms with Crippen LogP contribution in [0.1, 0.15) is 0 Å². The van der Waals surface area contributed by atoms with Crippen molar-refractivity contribution in [2.75, 3.05) is 50.1 Å². The van der Waals surface area contributed by atoms with Crippen molar-refractivity contribution in [2.45, 2.75) is 0 Å². The second-order valence-corrected chi connectivity index (χ2v) is 8.07. The molecule has 0 saturated carbocycles. The Hall–Kier alpha value is -3.10. The first-order valence-corrected chi connectivity index (χ1v) is 10.7. The number of piperazine rings is 1. The van der Waals surface area contributed by atoms with Gasteiger partial charge in [0, 0.05) is 50.2 Å². The standard InChI is InChI=1S/C23H25ClFN5O2/c1-28-23(20(24)14-26-28)19-13-17(5-8-21(19)32-2)27-22(31)15-29-9-11-30(12-10-29)18-6-3-16(25)4-7-18/h3-8,13-14H,9-12,15H2,1-2H3,(H,27,31). The number of carbonyl (C=O) groups excluding carboxylic acids is 1. The van der Waals surface area contributed by atoms with Gasteiger partial charge in [0.25, 0.3) is 0 Å². The highest BCUT2D eigenvalue weighted by atomic mass is 35.5. The van der Waals surface area contributed by atoms with Crippen LogP contribution in [0, 0.1) is 5.82 Å². The van der Waals surface area contributed by atoms with Gasteiger partial charge in [0.2, 0.25) is 5.91 Å². The quantitative estimate of drug-likeness (QED) is 0.612. The molecule has 1 fully saturated rings. The Labute approximate surface area is 191 Å². The fraction of sp³-hybridized carbons (Fsp3) is 0.304. The van der Waals surface area contributed by atoms with Crippen molar-refractivity contribution < 1.29 is 13.9 Å². The molecule has 1 aliphatic heterocycles. The number of carbonyl (C=O) groups is 1. The number of hydrogen-bond donors (Lipinski definition) is 1. The molecule has 3 aromatic rings. The first kappa shape index (κ1) is 22.1. The van der Waals surface area contributed by atoms with Gasteiger partial charge in [-0.3, -0.25) is 14.4 Å². The smallest absolute Gasteiger partial charge is 0.238 e. The Kier molecular flexibility index (Phi) is 6.62. The molecule has 4 rings (SSSR count). The SMILES string of the molecule is COc1ccc(NC(=O)CN2CCN(c3ccc(F)cc3)CC2)cc1-c1c(Cl)cnn1C. The number of anilines is 2. The number of aryl methyl sites for hydroxylation is 1. The van der Waals surface area contributed by atoms with Crippen LogP contribution in [-0.4, -0.2) is 60.4 Å². The van der Waals surface area contributed by atoms with E-state index in [0.717, 1.165) is 43.1 Å². The molecule has 168 valence electrons. The minimum Gasteiger partial charge on any atom is -0.496 e. The van der Waals surface area contributed by atoms with Crippen molar-refractivity contribution >= 4 is 28.9 Å². The van der Waals surface area contributed by atoms with E-state index in [1.807, 2.05) is 6.07 Å². The normalized spacial score (nSPS) is 14.4. The minimum atomic E-state index is -0.239. The summed E-state index contributed by atoms with van der Waals surface area (Å²) in [5, 5.41) is 7.66. The van der Waals surface area contributed by atoms with Crippen molar-refractivity contribution in [1.29, 1.82) is 0 Å². The van der Waals surface area contributed by atoms with Gasteiger partial charge in [-0.15, -0.1) is 0 Å². The van der Waals surface area contributed by atoms with Crippen LogP contribution < -0.4 is 15.0 Å². The Morgan fingerprint density at radius 1 is 1.16 bits per heavy atom. The third kappa shape index (κ3) is 4.87. The molecule has 1 aliphatic rings. The van der Waals surface area contributed by atoms with Crippen LogP contribution in [0.5, 0.6) is 5.75 Å². The lowest BCUT2D eigenvalue weighted by atomic mass is 10.1. The van der Waals surface area contributed by atoms with E-state index in [1.54, 1.807) is 49.3 Å². The number of aromatic nitrogens is 2. The van der Waals surface area contributed by atoms with Crippen molar-refractivity contribution in [3.63, 3.8) is 0 Å². The zero-order chi connectivity index (χ0) is 22.7. The summed E-state index contributed by atoms with van der Waals surface area (Å²) in [4.78, 5) is 17.0. The second-order valence-electron chi connectivity index (χ2n) is 7.67. The molecule has 2 aromatic carbocycles. The molecule has 0 aliphatic carbocycles. The third-order valence-electron chi connectivity index (χ3n) is 5.56. The summed E-state index contributed by atoms with van der Waals surface area (Å²) in [5.74, 6) is 0.314. The Morgan fingerprint density at radius 3 is 2.50 bits per heavy atom. The maximum Gasteiger partial charge on any atom is 0.238 e. The minimum absolute atomic E-state index is 0.0903. The molecule has 7 nitrogen and oxygen atoms in total. The van der Waals surface area contributed by atoms with Gasteiger partial charge in [0.1, 0.15) is 11.6 Å². The number of methoxy groups -OCH3 is 1. The molecule has 1 N–H and O–H groups in total. The van der Waals surface area contributed by atoms with E-state index in [-0.39, 0.29) is 11.7 Å². The van der Waals surface area contributed by atoms with E-state index in [9.17, 15) is 9.18 Å². The number of hydrogen-bond acceptors (Lipinski definition) is 5. The topological polar surface area (TPSA) is 62.6 Å². The summed E-state index contributed by atoms with van der Waals surface area (Å²) in [6.07, 6.45) is 1.58. The van der Waals surface area contributed by atoms with Crippen LogP contribution in [-0.2, 0) is 11.8 Å². The summed E-state index contributed by atoms with van der Waals surface area (Å²) in [6, 6.07) is 12.0. The van der Waals surface area contributed by atoms with E-state index in [1.165, 1.54) is 12.1 Å². The second kappa shape index (κ2) is 9.58. The van der Waals surface area contributed by atoms with E-state index in [2.05, 4.69) is 20.2 Å². The number of halogens is 2. The van der Waals surface area contributed by atoms with Crippen LogP contribution in [0.4, 0.5) is 15.8 Å². The lowest BCUT2D eigenvalue weighted by Gasteiger charge is -2.35. The molecule has 0 radical (unpaired) electrons. The van der Waals surface area contributed by atoms with Gasteiger partial charge in [-0.1, -0.05) is 11.6 Å². The molecule has 1 aromatic heterocycles. The molecule has 0 spiro atoms. The molecule has 2 heterocycles. The molecule has 9 heteroatoms. The third-order valence-corrected chi connectivity index (χ3v) is 5.84. The number of nitrogens with zero attached hydrogens (tertiary/aromatic N) is 4. The number of amides is 1. The molecule has 0 atom stereocenters. The van der Waals surface area contributed by atoms with Gasteiger partial charge >= 0.3 is 0 Å². The monoisotopic (exact) mass is 457 g/mol. The van der Waals surface area contributed by atoms with Gasteiger partial charge in [-0.2, -0.15) is 5.10 Å². The number of ether oxygens (including phenoxy) is 1. The first-order chi connectivity index (χ1) is 15.4. The fourth-order valence-corrected chi connectivity index (χ4v) is 4.17. The molecule has 1 saturated heterocycles. The summed E-state index contributed by atoms with van der Waals surface area (Å²) in [5.41, 5.74) is 3.13. The average molecular weight is 458 g/mol. The van der Waals surface area contributed by atoms with Crippen LogP contribution in [0.3, 0.4) is 0 Å². The Bertz CT molecular complexity index is 1070. The summed E-state index contributed by atoms with van der Waals surface area (Å²) < 4.78 is 20.3. The highest BCUT2D eigenvalue weighted by Crippen LogP contribution is 2.36. The highest BCUT2D eigenvalue weighted by molar-refractivity contribution is 6.33. The summed E-state index contributed by atoms with van der Waals surface area (Å²) in [6.45, 7) is 3.37. The van der Waals surface area contributed by atoms with E-state index >= 15 is 0 Å². The number of rotatable bonds is 6. The molecule has 1 amide bonds. The van der Waals surface area contributed by atoms with Gasteiger partial charge in [0.05, 0.1) is 30.6 Å². The van der Waals surface area contributed by atoms with Crippen LogP contribution in [0.25, 0.3) is 11.3 Å². The first-order valence-electron chi connectivity index (χ1n) is 10.3. The zero-order valence-electron chi connectivity index (χ0n) is 18.0. The van der Waals surface area contributed by atoms with Gasteiger partial charge < -0.3 is 15.0 Å². The summed E-state index contributed by atoms with van der Waals surface area (Å²) in [7, 11) is 3.39. The molecular formula is C23H25ClFN5O2. The maximum atomic E-state index is 13.1. The van der Waals surface area contributed by atoms with Gasteiger partial charge in [-0.05, 0) is 42.5 Å². The number of benzene rings is 2. The van der Waals surface area contributed by atoms with E-state index in [0.29, 0.717) is 23.0 Å². The molecule has 0 unspecified atom stereocenters. The van der Waals surface area contributed by atoms with E-state index < -0.39 is 0 Å². The van der Waals surface area contributed by atoms with Gasteiger partial charge in [0.15, 0.2) is 0 Å². The van der Waals surface area contributed by atoms with Crippen LogP contribution >= 0.6 is 11.6 Å². The van der Waals surface area contributed by atoms with Gasteiger partial charge in [-0.25, -0.2) is 4.39 Å². The zero-order valence-corrected chi connectivity index (χ0v) is 18.8. The fourth-order valence-electron chi connectivity index (χ4n) is 3.90. The van der Waals surface area contributed by atoms with Crippen molar-refractivity contribution in [3.8, 4) is 17.0 Å². The largest absolute Gasteiger partial charge is 0.496 e. The predicted molar refractivity (Wildman–Crippen MR) is 124 cm³/mol. The Balaban J connectivity index is 1.37. The lowest BCUT2D eigenvalue weighted by molar-refractivity contribution is -0.117. The summed E-state index contributed by atoms with van der Waals surface area (Å²) >= 11 is 6.30.